The van der Waals surface area contributed by atoms with E-state index in [0.29, 0.717) is 12.1 Å². The number of benzene rings is 1. The first-order chi connectivity index (χ1) is 13.7. The number of nitrogens with one attached hydrogen (secondary N) is 2. The summed E-state index contributed by atoms with van der Waals surface area (Å²) < 4.78 is 2.22. The molecule has 2 heterocycles. The van der Waals surface area contributed by atoms with Gasteiger partial charge in [0.1, 0.15) is 5.82 Å². The highest BCUT2D eigenvalue weighted by Crippen LogP contribution is 2.12. The molecule has 3 rings (SSSR count). The third kappa shape index (κ3) is 5.83. The monoisotopic (exact) mass is 382 g/mol. The van der Waals surface area contributed by atoms with Crippen molar-refractivity contribution in [2.24, 2.45) is 4.99 Å². The molecule has 152 valence electrons. The molecule has 1 aromatic heterocycles. The lowest BCUT2D eigenvalue weighted by Gasteiger charge is -2.35. The van der Waals surface area contributed by atoms with E-state index in [1.165, 1.54) is 18.4 Å². The van der Waals surface area contributed by atoms with E-state index in [1.54, 1.807) is 0 Å². The van der Waals surface area contributed by atoms with Gasteiger partial charge in [0.2, 0.25) is 0 Å². The fourth-order valence-corrected chi connectivity index (χ4v) is 3.73. The third-order valence-electron chi connectivity index (χ3n) is 5.46. The second-order valence-corrected chi connectivity index (χ2v) is 7.75. The van der Waals surface area contributed by atoms with Crippen LogP contribution in [0.4, 0.5) is 0 Å². The van der Waals surface area contributed by atoms with Crippen molar-refractivity contribution in [3.8, 4) is 0 Å². The van der Waals surface area contributed by atoms with Gasteiger partial charge in [0.05, 0.1) is 0 Å². The van der Waals surface area contributed by atoms with Gasteiger partial charge >= 0.3 is 0 Å². The van der Waals surface area contributed by atoms with Gasteiger partial charge in [-0.05, 0) is 32.3 Å². The number of likely N-dealkylation sites (tertiary alicyclic amines) is 1. The Hall–Kier alpha value is -2.34. The van der Waals surface area contributed by atoms with Gasteiger partial charge in [-0.15, -0.1) is 0 Å². The summed E-state index contributed by atoms with van der Waals surface area (Å²) in [6.07, 6.45) is 7.14. The molecular formula is C22H34N6. The molecule has 0 bridgehead atoms. The maximum absolute atomic E-state index is 4.53. The molecule has 0 radical (unpaired) electrons. The van der Waals surface area contributed by atoms with Crippen molar-refractivity contribution in [3.05, 3.63) is 54.1 Å². The highest BCUT2D eigenvalue weighted by molar-refractivity contribution is 5.79. The van der Waals surface area contributed by atoms with E-state index in [4.69, 9.17) is 0 Å². The minimum Gasteiger partial charge on any atom is -0.356 e. The van der Waals surface area contributed by atoms with Crippen LogP contribution in [0.3, 0.4) is 0 Å². The Labute approximate surface area is 169 Å². The molecule has 1 aromatic carbocycles. The van der Waals surface area contributed by atoms with Gasteiger partial charge in [-0.25, -0.2) is 4.98 Å². The van der Waals surface area contributed by atoms with Gasteiger partial charge in [0.15, 0.2) is 5.96 Å². The average Bonchev–Trinajstić information content (AvgIpc) is 3.15. The number of hydrogen-bond acceptors (Lipinski definition) is 3. The van der Waals surface area contributed by atoms with Crippen molar-refractivity contribution in [2.45, 2.75) is 51.7 Å². The summed E-state index contributed by atoms with van der Waals surface area (Å²) in [5, 5.41) is 7.04. The zero-order chi connectivity index (χ0) is 19.8. The number of piperidine rings is 1. The van der Waals surface area contributed by atoms with E-state index in [9.17, 15) is 0 Å². The normalized spacial score (nSPS) is 16.5. The fourth-order valence-electron chi connectivity index (χ4n) is 3.73. The molecule has 1 aliphatic heterocycles. The molecule has 28 heavy (non-hydrogen) atoms. The molecule has 0 atom stereocenters. The molecule has 0 amide bonds. The van der Waals surface area contributed by atoms with Crippen molar-refractivity contribution < 1.29 is 0 Å². The van der Waals surface area contributed by atoms with E-state index < -0.39 is 0 Å². The summed E-state index contributed by atoms with van der Waals surface area (Å²) >= 11 is 0. The van der Waals surface area contributed by atoms with Crippen LogP contribution in [0, 0.1) is 0 Å². The van der Waals surface area contributed by atoms with Gasteiger partial charge in [-0.2, -0.15) is 0 Å². The molecule has 2 aromatic rings. The van der Waals surface area contributed by atoms with E-state index in [0.717, 1.165) is 44.4 Å². The number of imidazole rings is 1. The summed E-state index contributed by atoms with van der Waals surface area (Å²) in [7, 11) is 1.84. The summed E-state index contributed by atoms with van der Waals surface area (Å²) in [5.41, 5.74) is 1.29. The van der Waals surface area contributed by atoms with Crippen molar-refractivity contribution >= 4 is 5.96 Å². The molecule has 6 heteroatoms. The van der Waals surface area contributed by atoms with Crippen LogP contribution in [0.15, 0.2) is 47.7 Å². The van der Waals surface area contributed by atoms with Crippen molar-refractivity contribution in [3.63, 3.8) is 0 Å². The van der Waals surface area contributed by atoms with Crippen molar-refractivity contribution in [2.75, 3.05) is 26.7 Å². The lowest BCUT2D eigenvalue weighted by Crippen LogP contribution is -2.50. The summed E-state index contributed by atoms with van der Waals surface area (Å²) in [6, 6.07) is 11.6. The molecule has 1 saturated heterocycles. The minimum absolute atomic E-state index is 0.501. The van der Waals surface area contributed by atoms with Gasteiger partial charge in [-0.1, -0.05) is 30.3 Å². The Morgan fingerprint density at radius 2 is 1.96 bits per heavy atom. The smallest absolute Gasteiger partial charge is 0.191 e. The summed E-state index contributed by atoms with van der Waals surface area (Å²) in [6.45, 7) is 8.53. The Morgan fingerprint density at radius 1 is 1.21 bits per heavy atom. The SMILES string of the molecule is CN=C(NCCc1nccn1Cc1ccccc1)NC1CCN(C(C)C)CC1. The van der Waals surface area contributed by atoms with Crippen LogP contribution in [-0.2, 0) is 13.0 Å². The molecule has 0 saturated carbocycles. The largest absolute Gasteiger partial charge is 0.356 e. The highest BCUT2D eigenvalue weighted by Gasteiger charge is 2.21. The molecule has 6 nitrogen and oxygen atoms in total. The predicted molar refractivity (Wildman–Crippen MR) is 116 cm³/mol. The highest BCUT2D eigenvalue weighted by atomic mass is 15.2. The number of rotatable bonds is 7. The first-order valence-electron chi connectivity index (χ1n) is 10.4. The average molecular weight is 383 g/mol. The Kier molecular flexibility index (Phi) is 7.48. The maximum Gasteiger partial charge on any atom is 0.191 e. The van der Waals surface area contributed by atoms with Crippen LogP contribution in [0.5, 0.6) is 0 Å². The lowest BCUT2D eigenvalue weighted by atomic mass is 10.0. The topological polar surface area (TPSA) is 57.5 Å². The molecule has 0 aliphatic carbocycles. The predicted octanol–water partition coefficient (Wildman–Crippen LogP) is 2.51. The van der Waals surface area contributed by atoms with Crippen molar-refractivity contribution in [1.29, 1.82) is 0 Å². The van der Waals surface area contributed by atoms with Crippen LogP contribution in [-0.4, -0.2) is 59.2 Å². The molecule has 1 aliphatic rings. The zero-order valence-corrected chi connectivity index (χ0v) is 17.4. The van der Waals surface area contributed by atoms with Crippen LogP contribution >= 0.6 is 0 Å². The van der Waals surface area contributed by atoms with Crippen LogP contribution in [0.2, 0.25) is 0 Å². The second kappa shape index (κ2) is 10.3. The number of hydrogen-bond donors (Lipinski definition) is 2. The van der Waals surface area contributed by atoms with Crippen molar-refractivity contribution in [1.82, 2.24) is 25.1 Å². The summed E-state index contributed by atoms with van der Waals surface area (Å²) in [4.78, 5) is 11.5. The standard InChI is InChI=1S/C22H34N6/c1-18(2)27-14-10-20(11-15-27)26-22(23-3)25-12-9-21-24-13-16-28(21)17-19-7-5-4-6-8-19/h4-8,13,16,18,20H,9-12,14-15,17H2,1-3H3,(H2,23,25,26). The lowest BCUT2D eigenvalue weighted by molar-refractivity contribution is 0.167. The molecule has 2 N–H and O–H groups in total. The third-order valence-corrected chi connectivity index (χ3v) is 5.46. The number of aliphatic imine (C=N–C) groups is 1. The molecular weight excluding hydrogens is 348 g/mol. The second-order valence-electron chi connectivity index (χ2n) is 7.75. The number of nitrogens with zero attached hydrogens (tertiary/aromatic N) is 4. The number of aromatic nitrogens is 2. The quantitative estimate of drug-likeness (QED) is 0.571. The van der Waals surface area contributed by atoms with E-state index in [2.05, 4.69) is 74.4 Å². The zero-order valence-electron chi connectivity index (χ0n) is 17.4. The van der Waals surface area contributed by atoms with E-state index in [1.807, 2.05) is 19.3 Å². The Bertz CT molecular complexity index is 728. The van der Waals surface area contributed by atoms with Gasteiger partial charge < -0.3 is 20.1 Å². The van der Waals surface area contributed by atoms with Crippen LogP contribution in [0.25, 0.3) is 0 Å². The van der Waals surface area contributed by atoms with Crippen LogP contribution < -0.4 is 10.6 Å². The molecule has 1 fully saturated rings. The van der Waals surface area contributed by atoms with Gasteiger partial charge in [0.25, 0.3) is 0 Å². The van der Waals surface area contributed by atoms with Gasteiger partial charge in [-0.3, -0.25) is 4.99 Å². The van der Waals surface area contributed by atoms with Crippen LogP contribution in [0.1, 0.15) is 38.1 Å². The minimum atomic E-state index is 0.501. The number of guanidine groups is 1. The Balaban J connectivity index is 1.44. The first kappa shape index (κ1) is 20.4. The molecule has 0 unspecified atom stereocenters. The first-order valence-corrected chi connectivity index (χ1v) is 10.4. The molecule has 0 spiro atoms. The van der Waals surface area contributed by atoms with Gasteiger partial charge in [0, 0.05) is 64.1 Å². The van der Waals surface area contributed by atoms with E-state index in [-0.39, 0.29) is 0 Å². The summed E-state index contributed by atoms with van der Waals surface area (Å²) in [5.74, 6) is 1.99. The fraction of sp³-hybridized carbons (Fsp3) is 0.545. The Morgan fingerprint density at radius 3 is 2.64 bits per heavy atom. The van der Waals surface area contributed by atoms with E-state index >= 15 is 0 Å². The maximum atomic E-state index is 4.53.